The third-order valence-corrected chi connectivity index (χ3v) is 3.51. The number of benzene rings is 1. The van der Waals surface area contributed by atoms with E-state index in [2.05, 4.69) is 0 Å². The van der Waals surface area contributed by atoms with Crippen LogP contribution in [-0.4, -0.2) is 45.9 Å². The Morgan fingerprint density at radius 1 is 1.35 bits per heavy atom. The van der Waals surface area contributed by atoms with E-state index in [1.165, 1.54) is 4.90 Å². The molecule has 0 radical (unpaired) electrons. The van der Waals surface area contributed by atoms with Gasteiger partial charge in [0, 0.05) is 48.4 Å². The van der Waals surface area contributed by atoms with Crippen LogP contribution in [0.5, 0.6) is 0 Å². The predicted molar refractivity (Wildman–Crippen MR) is 78.0 cm³/mol. The van der Waals surface area contributed by atoms with Crippen LogP contribution in [0.25, 0.3) is 0 Å². The van der Waals surface area contributed by atoms with Gasteiger partial charge in [0.05, 0.1) is 0 Å². The molecule has 0 aliphatic carbocycles. The third kappa shape index (κ3) is 5.52. The molecule has 1 N–H and O–H groups in total. The molecule has 1 rings (SSSR count). The van der Waals surface area contributed by atoms with Gasteiger partial charge in [0.25, 0.3) is 5.91 Å². The molecular weight excluding hydrogens is 278 g/mol. The summed E-state index contributed by atoms with van der Waals surface area (Å²) in [6.45, 7) is 0.398. The lowest BCUT2D eigenvalue weighted by atomic mass is 10.1. The lowest BCUT2D eigenvalue weighted by Gasteiger charge is -2.17. The average molecular weight is 297 g/mol. The molecule has 0 saturated carbocycles. The molecule has 0 aromatic heterocycles. The van der Waals surface area contributed by atoms with E-state index in [4.69, 9.17) is 5.11 Å². The van der Waals surface area contributed by atoms with Crippen molar-refractivity contribution in [3.8, 4) is 0 Å². The molecule has 0 saturated heterocycles. The van der Waals surface area contributed by atoms with Crippen LogP contribution in [0.4, 0.5) is 0 Å². The van der Waals surface area contributed by atoms with Gasteiger partial charge in [0.2, 0.25) is 0 Å². The molecule has 110 valence electrons. The first-order chi connectivity index (χ1) is 9.40. The number of hydrogen-bond acceptors (Lipinski definition) is 3. The van der Waals surface area contributed by atoms with E-state index in [9.17, 15) is 13.8 Å². The summed E-state index contributed by atoms with van der Waals surface area (Å²) >= 11 is 0. The van der Waals surface area contributed by atoms with Gasteiger partial charge in [-0.25, -0.2) is 0 Å². The van der Waals surface area contributed by atoms with Crippen molar-refractivity contribution in [2.75, 3.05) is 19.8 Å². The van der Waals surface area contributed by atoms with Gasteiger partial charge in [0.15, 0.2) is 0 Å². The summed E-state index contributed by atoms with van der Waals surface area (Å²) in [5.74, 6) is -0.596. The number of carbonyl (C=O) groups is 2. The zero-order valence-electron chi connectivity index (χ0n) is 11.7. The molecule has 0 aliphatic heterocycles. The number of aliphatic carboxylic acids is 1. The molecule has 0 fully saturated rings. The number of amides is 1. The van der Waals surface area contributed by atoms with Crippen LogP contribution in [0.3, 0.4) is 0 Å². The maximum Gasteiger partial charge on any atom is 0.303 e. The molecule has 1 aromatic rings. The summed E-state index contributed by atoms with van der Waals surface area (Å²) in [6.07, 6.45) is 2.09. The van der Waals surface area contributed by atoms with E-state index in [0.717, 1.165) is 5.56 Å². The van der Waals surface area contributed by atoms with Crippen LogP contribution < -0.4 is 0 Å². The van der Waals surface area contributed by atoms with Crippen molar-refractivity contribution < 1.29 is 18.9 Å². The van der Waals surface area contributed by atoms with Crippen molar-refractivity contribution >= 4 is 22.7 Å². The van der Waals surface area contributed by atoms with E-state index in [1.54, 1.807) is 31.5 Å². The molecule has 0 heterocycles. The van der Waals surface area contributed by atoms with Crippen molar-refractivity contribution in [2.24, 2.45) is 0 Å². The highest BCUT2D eigenvalue weighted by Gasteiger charge is 2.12. The van der Waals surface area contributed by atoms with E-state index in [0.29, 0.717) is 24.3 Å². The first kappa shape index (κ1) is 16.4. The van der Waals surface area contributed by atoms with Crippen LogP contribution in [0, 0.1) is 0 Å². The molecular formula is C14H19NO4S. The Morgan fingerprint density at radius 2 is 2.05 bits per heavy atom. The minimum atomic E-state index is -0.949. The Labute approximate surface area is 121 Å². The molecule has 1 aromatic carbocycles. The van der Waals surface area contributed by atoms with E-state index in [1.807, 2.05) is 6.07 Å². The number of carbonyl (C=O) groups excluding carboxylic acids is 1. The Balaban J connectivity index is 2.66. The maximum atomic E-state index is 12.2. The largest absolute Gasteiger partial charge is 0.481 e. The Hall–Kier alpha value is -1.69. The van der Waals surface area contributed by atoms with Gasteiger partial charge >= 0.3 is 5.97 Å². The van der Waals surface area contributed by atoms with Crippen LogP contribution in [0.2, 0.25) is 0 Å². The molecule has 0 spiro atoms. The summed E-state index contributed by atoms with van der Waals surface area (Å²) in [6, 6.07) is 7.04. The van der Waals surface area contributed by atoms with Crippen LogP contribution in [0.15, 0.2) is 24.3 Å². The van der Waals surface area contributed by atoms with Gasteiger partial charge in [-0.1, -0.05) is 12.1 Å². The summed E-state index contributed by atoms with van der Waals surface area (Å²) in [7, 11) is 0.699. The highest BCUT2D eigenvalue weighted by atomic mass is 32.2. The molecule has 1 atom stereocenters. The summed E-state index contributed by atoms with van der Waals surface area (Å²) in [5, 5.41) is 8.57. The fourth-order valence-electron chi connectivity index (χ4n) is 1.82. The van der Waals surface area contributed by atoms with E-state index in [-0.39, 0.29) is 12.3 Å². The average Bonchev–Trinajstić information content (AvgIpc) is 2.36. The summed E-state index contributed by atoms with van der Waals surface area (Å²) in [5.41, 5.74) is 1.39. The van der Waals surface area contributed by atoms with Gasteiger partial charge in [-0.3, -0.25) is 13.8 Å². The smallest absolute Gasteiger partial charge is 0.303 e. The van der Waals surface area contributed by atoms with E-state index < -0.39 is 16.8 Å². The zero-order chi connectivity index (χ0) is 15.1. The maximum absolute atomic E-state index is 12.2. The molecule has 1 unspecified atom stereocenters. The van der Waals surface area contributed by atoms with Gasteiger partial charge in [0.1, 0.15) is 0 Å². The number of carboxylic acid groups (broad SMARTS) is 1. The SMILES string of the molecule is CN(CCCC(=O)O)C(=O)c1cccc(CS(C)=O)c1. The molecule has 0 bridgehead atoms. The second-order valence-electron chi connectivity index (χ2n) is 4.64. The zero-order valence-corrected chi connectivity index (χ0v) is 12.5. The fourth-order valence-corrected chi connectivity index (χ4v) is 2.47. The second kappa shape index (κ2) is 7.79. The monoisotopic (exact) mass is 297 g/mol. The Morgan fingerprint density at radius 3 is 2.65 bits per heavy atom. The van der Waals surface area contributed by atoms with Crippen LogP contribution in [0.1, 0.15) is 28.8 Å². The number of rotatable bonds is 7. The normalized spacial score (nSPS) is 11.9. The van der Waals surface area contributed by atoms with Crippen LogP contribution in [-0.2, 0) is 21.3 Å². The van der Waals surface area contributed by atoms with Crippen molar-refractivity contribution in [1.82, 2.24) is 4.90 Å². The highest BCUT2D eigenvalue weighted by molar-refractivity contribution is 7.83. The first-order valence-corrected chi connectivity index (χ1v) is 7.99. The predicted octanol–water partition coefficient (Wildman–Crippen LogP) is 1.50. The second-order valence-corrected chi connectivity index (χ2v) is 6.08. The highest BCUT2D eigenvalue weighted by Crippen LogP contribution is 2.10. The van der Waals surface area contributed by atoms with E-state index >= 15 is 0 Å². The van der Waals surface area contributed by atoms with Crippen molar-refractivity contribution in [3.63, 3.8) is 0 Å². The Kier molecular flexibility index (Phi) is 6.38. The lowest BCUT2D eigenvalue weighted by molar-refractivity contribution is -0.137. The lowest BCUT2D eigenvalue weighted by Crippen LogP contribution is -2.28. The standard InChI is InChI=1S/C14H19NO4S/c1-15(8-4-7-13(16)17)14(18)12-6-3-5-11(9-12)10-20(2)19/h3,5-6,9H,4,7-8,10H2,1-2H3,(H,16,17). The molecule has 20 heavy (non-hydrogen) atoms. The summed E-state index contributed by atoms with van der Waals surface area (Å²) < 4.78 is 11.2. The van der Waals surface area contributed by atoms with Gasteiger partial charge in [-0.2, -0.15) is 0 Å². The minimum absolute atomic E-state index is 0.0481. The number of carboxylic acids is 1. The third-order valence-electron chi connectivity index (χ3n) is 2.77. The Bertz CT molecular complexity index is 516. The molecule has 6 heteroatoms. The van der Waals surface area contributed by atoms with Crippen molar-refractivity contribution in [2.45, 2.75) is 18.6 Å². The fraction of sp³-hybridized carbons (Fsp3) is 0.429. The quantitative estimate of drug-likeness (QED) is 0.827. The molecule has 1 amide bonds. The molecule has 5 nitrogen and oxygen atoms in total. The number of nitrogens with zero attached hydrogens (tertiary/aromatic N) is 1. The summed E-state index contributed by atoms with van der Waals surface area (Å²) in [4.78, 5) is 24.1. The van der Waals surface area contributed by atoms with Crippen LogP contribution >= 0.6 is 0 Å². The van der Waals surface area contributed by atoms with Gasteiger partial charge in [-0.05, 0) is 24.1 Å². The topological polar surface area (TPSA) is 74.7 Å². The van der Waals surface area contributed by atoms with Gasteiger partial charge < -0.3 is 10.0 Å². The number of hydrogen-bond donors (Lipinski definition) is 1. The van der Waals surface area contributed by atoms with Crippen molar-refractivity contribution in [3.05, 3.63) is 35.4 Å². The van der Waals surface area contributed by atoms with Gasteiger partial charge in [-0.15, -0.1) is 0 Å². The van der Waals surface area contributed by atoms with Crippen molar-refractivity contribution in [1.29, 1.82) is 0 Å². The molecule has 0 aliphatic rings. The first-order valence-electron chi connectivity index (χ1n) is 6.26. The minimum Gasteiger partial charge on any atom is -0.481 e.